The Kier molecular flexibility index (Phi) is 6.87. The third-order valence-electron chi connectivity index (χ3n) is 6.48. The van der Waals surface area contributed by atoms with Gasteiger partial charge >= 0.3 is 5.97 Å². The highest BCUT2D eigenvalue weighted by Crippen LogP contribution is 2.34. The van der Waals surface area contributed by atoms with Crippen molar-refractivity contribution in [3.63, 3.8) is 0 Å². The third-order valence-corrected chi connectivity index (χ3v) is 6.48. The van der Waals surface area contributed by atoms with Crippen LogP contribution in [0.5, 0.6) is 0 Å². The third kappa shape index (κ3) is 4.67. The van der Waals surface area contributed by atoms with Gasteiger partial charge in [-0.05, 0) is 43.4 Å². The first-order chi connectivity index (χ1) is 16.0. The molecule has 3 amide bonds. The van der Waals surface area contributed by atoms with E-state index < -0.39 is 17.9 Å². The summed E-state index contributed by atoms with van der Waals surface area (Å²) in [6.45, 7) is 2.13. The molecule has 33 heavy (non-hydrogen) atoms. The lowest BCUT2D eigenvalue weighted by Gasteiger charge is -2.33. The molecule has 0 radical (unpaired) electrons. The molecule has 1 fully saturated rings. The molecule has 7 nitrogen and oxygen atoms in total. The monoisotopic (exact) mass is 448 g/mol. The van der Waals surface area contributed by atoms with E-state index in [4.69, 9.17) is 4.74 Å². The van der Waals surface area contributed by atoms with Gasteiger partial charge in [0.1, 0.15) is 0 Å². The maximum Gasteiger partial charge on any atom is 0.333 e. The second-order valence-corrected chi connectivity index (χ2v) is 8.52. The van der Waals surface area contributed by atoms with E-state index in [1.165, 1.54) is 4.90 Å². The number of amides is 3. The summed E-state index contributed by atoms with van der Waals surface area (Å²) >= 11 is 0. The van der Waals surface area contributed by atoms with Crippen molar-refractivity contribution in [1.29, 1.82) is 0 Å². The topological polar surface area (TPSA) is 92.8 Å². The zero-order valence-corrected chi connectivity index (χ0v) is 18.7. The number of carbonyl (C=O) groups is 4. The van der Waals surface area contributed by atoms with E-state index in [9.17, 15) is 19.2 Å². The molecule has 1 heterocycles. The Morgan fingerprint density at radius 3 is 2.21 bits per heavy atom. The molecule has 2 aromatic rings. The maximum absolute atomic E-state index is 13.3. The maximum atomic E-state index is 13.3. The van der Waals surface area contributed by atoms with Crippen LogP contribution in [-0.4, -0.2) is 41.7 Å². The number of hydrogen-bond donors (Lipinski definition) is 1. The van der Waals surface area contributed by atoms with Gasteiger partial charge in [-0.1, -0.05) is 55.3 Å². The molecule has 2 aromatic carbocycles. The summed E-state index contributed by atoms with van der Waals surface area (Å²) in [5, 5.41) is 2.88. The van der Waals surface area contributed by atoms with Crippen LogP contribution in [0.2, 0.25) is 0 Å². The van der Waals surface area contributed by atoms with Gasteiger partial charge in [-0.3, -0.25) is 19.3 Å². The molecular weight excluding hydrogens is 420 g/mol. The van der Waals surface area contributed by atoms with Crippen molar-refractivity contribution in [2.45, 2.75) is 38.6 Å². The summed E-state index contributed by atoms with van der Waals surface area (Å²) in [4.78, 5) is 52.9. The highest BCUT2D eigenvalue weighted by molar-refractivity contribution is 6.21. The van der Waals surface area contributed by atoms with Crippen molar-refractivity contribution < 1.29 is 23.9 Å². The Bertz CT molecular complexity index is 1020. The predicted octanol–water partition coefficient (Wildman–Crippen LogP) is 3.51. The normalized spacial score (nSPS) is 20.8. The van der Waals surface area contributed by atoms with Crippen LogP contribution >= 0.6 is 0 Å². The van der Waals surface area contributed by atoms with E-state index in [0.717, 1.165) is 19.3 Å². The number of nitrogens with one attached hydrogen (secondary N) is 1. The van der Waals surface area contributed by atoms with Crippen LogP contribution in [0.15, 0.2) is 54.6 Å². The van der Waals surface area contributed by atoms with Crippen LogP contribution in [0.4, 0.5) is 0 Å². The van der Waals surface area contributed by atoms with E-state index in [2.05, 4.69) is 5.32 Å². The molecule has 3 unspecified atom stereocenters. The summed E-state index contributed by atoms with van der Waals surface area (Å²) in [5.74, 6) is -1.95. The van der Waals surface area contributed by atoms with E-state index in [1.807, 2.05) is 6.07 Å². The summed E-state index contributed by atoms with van der Waals surface area (Å²) < 4.78 is 5.19. The standard InChI is InChI=1S/C26H28N2O5/c1-2-33-26(32)22(17-10-4-3-5-11-17)27-23(29)19-13-7-6-12-18(19)16-28-24(30)20-14-8-9-15-21(20)25(28)31/h3-5,8-11,14-15,18-19,22H,2,6-7,12-13,16H2,1H3,(H,27,29). The summed E-state index contributed by atoms with van der Waals surface area (Å²) in [5.41, 5.74) is 1.47. The van der Waals surface area contributed by atoms with Gasteiger partial charge in [-0.15, -0.1) is 0 Å². The van der Waals surface area contributed by atoms with Crippen molar-refractivity contribution in [1.82, 2.24) is 10.2 Å². The van der Waals surface area contributed by atoms with Gasteiger partial charge in [0.2, 0.25) is 5.91 Å². The Morgan fingerprint density at radius 2 is 1.58 bits per heavy atom. The van der Waals surface area contributed by atoms with Crippen molar-refractivity contribution in [3.8, 4) is 0 Å². The Hall–Kier alpha value is -3.48. The molecular formula is C26H28N2O5. The minimum Gasteiger partial charge on any atom is -0.464 e. The zero-order chi connectivity index (χ0) is 23.4. The van der Waals surface area contributed by atoms with E-state index in [0.29, 0.717) is 23.1 Å². The smallest absolute Gasteiger partial charge is 0.333 e. The largest absolute Gasteiger partial charge is 0.464 e. The van der Waals surface area contributed by atoms with Crippen molar-refractivity contribution in [2.24, 2.45) is 11.8 Å². The fourth-order valence-corrected chi connectivity index (χ4v) is 4.81. The Balaban J connectivity index is 1.51. The van der Waals surface area contributed by atoms with Gasteiger partial charge in [-0.2, -0.15) is 0 Å². The van der Waals surface area contributed by atoms with Gasteiger partial charge in [0.15, 0.2) is 6.04 Å². The second kappa shape index (κ2) is 9.98. The molecule has 1 aliphatic heterocycles. The lowest BCUT2D eigenvalue weighted by atomic mass is 9.78. The highest BCUT2D eigenvalue weighted by atomic mass is 16.5. The number of nitrogens with zero attached hydrogens (tertiary/aromatic N) is 1. The number of carbonyl (C=O) groups excluding carboxylic acids is 4. The average molecular weight is 449 g/mol. The molecule has 7 heteroatoms. The summed E-state index contributed by atoms with van der Waals surface area (Å²) in [6, 6.07) is 14.9. The zero-order valence-electron chi connectivity index (χ0n) is 18.7. The van der Waals surface area contributed by atoms with Crippen molar-refractivity contribution >= 4 is 23.7 Å². The van der Waals surface area contributed by atoms with Crippen LogP contribution in [-0.2, 0) is 14.3 Å². The lowest BCUT2D eigenvalue weighted by Crippen LogP contribution is -2.45. The SMILES string of the molecule is CCOC(=O)C(NC(=O)C1CCCCC1CN1C(=O)c2ccccc2C1=O)c1ccccc1. The van der Waals surface area contributed by atoms with Gasteiger partial charge < -0.3 is 10.1 Å². The minimum atomic E-state index is -0.902. The number of imide groups is 1. The molecule has 0 aromatic heterocycles. The summed E-state index contributed by atoms with van der Waals surface area (Å²) in [6.07, 6.45) is 3.19. The number of benzene rings is 2. The fourth-order valence-electron chi connectivity index (χ4n) is 4.81. The molecule has 1 saturated carbocycles. The molecule has 0 saturated heterocycles. The summed E-state index contributed by atoms with van der Waals surface area (Å²) in [7, 11) is 0. The minimum absolute atomic E-state index is 0.167. The molecule has 1 aliphatic carbocycles. The Morgan fingerprint density at radius 1 is 0.970 bits per heavy atom. The predicted molar refractivity (Wildman–Crippen MR) is 121 cm³/mol. The van der Waals surface area contributed by atoms with Gasteiger partial charge in [0.05, 0.1) is 17.7 Å². The number of rotatable bonds is 7. The van der Waals surface area contributed by atoms with E-state index >= 15 is 0 Å². The molecule has 1 N–H and O–H groups in total. The van der Waals surface area contributed by atoms with Crippen molar-refractivity contribution in [2.75, 3.05) is 13.2 Å². The molecule has 0 spiro atoms. The van der Waals surface area contributed by atoms with Gasteiger partial charge in [0, 0.05) is 12.5 Å². The van der Waals surface area contributed by atoms with Crippen LogP contribution in [0, 0.1) is 11.8 Å². The number of hydrogen-bond acceptors (Lipinski definition) is 5. The molecule has 172 valence electrons. The molecule has 0 bridgehead atoms. The number of ether oxygens (including phenoxy) is 1. The van der Waals surface area contributed by atoms with Crippen molar-refractivity contribution in [3.05, 3.63) is 71.3 Å². The second-order valence-electron chi connectivity index (χ2n) is 8.52. The lowest BCUT2D eigenvalue weighted by molar-refractivity contribution is -0.148. The van der Waals surface area contributed by atoms with Crippen LogP contribution in [0.25, 0.3) is 0 Å². The van der Waals surface area contributed by atoms with Crippen LogP contribution in [0.1, 0.15) is 64.9 Å². The van der Waals surface area contributed by atoms with Gasteiger partial charge in [-0.25, -0.2) is 4.79 Å². The van der Waals surface area contributed by atoms with Crippen LogP contribution in [0.3, 0.4) is 0 Å². The van der Waals surface area contributed by atoms with E-state index in [-0.39, 0.29) is 36.8 Å². The van der Waals surface area contributed by atoms with Gasteiger partial charge in [0.25, 0.3) is 11.8 Å². The van der Waals surface area contributed by atoms with E-state index in [1.54, 1.807) is 55.5 Å². The molecule has 4 rings (SSSR count). The highest BCUT2D eigenvalue weighted by Gasteiger charge is 2.40. The number of fused-ring (bicyclic) bond motifs is 1. The first-order valence-electron chi connectivity index (χ1n) is 11.5. The first-order valence-corrected chi connectivity index (χ1v) is 11.5. The first kappa shape index (κ1) is 22.7. The fraction of sp³-hybridized carbons (Fsp3) is 0.385. The van der Waals surface area contributed by atoms with Crippen LogP contribution < -0.4 is 5.32 Å². The number of esters is 1. The quantitative estimate of drug-likeness (QED) is 0.517. The molecule has 2 aliphatic rings. The average Bonchev–Trinajstić information content (AvgIpc) is 3.08. The Labute approximate surface area is 193 Å². The molecule has 3 atom stereocenters.